The quantitative estimate of drug-likeness (QED) is 0.291. The first-order valence-corrected chi connectivity index (χ1v) is 10.0. The van der Waals surface area contributed by atoms with Crippen LogP contribution in [0.2, 0.25) is 0 Å². The number of benzene rings is 2. The Morgan fingerprint density at radius 3 is 2.59 bits per heavy atom. The summed E-state index contributed by atoms with van der Waals surface area (Å²) in [5.41, 5.74) is 1.08. The molecule has 2 aromatic rings. The van der Waals surface area contributed by atoms with Crippen LogP contribution in [0.15, 0.2) is 46.9 Å². The molecule has 0 aliphatic rings. The number of amides is 1. The van der Waals surface area contributed by atoms with Gasteiger partial charge in [-0.1, -0.05) is 42.1 Å². The van der Waals surface area contributed by atoms with Gasteiger partial charge < -0.3 is 15.2 Å². The summed E-state index contributed by atoms with van der Waals surface area (Å²) in [5, 5.41) is 15.0. The zero-order chi connectivity index (χ0) is 19.6. The van der Waals surface area contributed by atoms with Gasteiger partial charge in [0, 0.05) is 10.2 Å². The molecule has 0 fully saturated rings. The SMILES string of the molecule is CCCCCCOc1ccc(Br)cc1C(=O)NC(=S)Nc1ccc(O)cc1. The Morgan fingerprint density at radius 1 is 1.15 bits per heavy atom. The summed E-state index contributed by atoms with van der Waals surface area (Å²) in [7, 11) is 0. The van der Waals surface area contributed by atoms with Crippen LogP contribution >= 0.6 is 28.1 Å². The lowest BCUT2D eigenvalue weighted by Gasteiger charge is -2.13. The van der Waals surface area contributed by atoms with Gasteiger partial charge >= 0.3 is 0 Å². The lowest BCUT2D eigenvalue weighted by molar-refractivity contribution is 0.0973. The second-order valence-corrected chi connectivity index (χ2v) is 7.33. The van der Waals surface area contributed by atoms with Gasteiger partial charge in [-0.05, 0) is 61.1 Å². The lowest BCUT2D eigenvalue weighted by atomic mass is 10.2. The summed E-state index contributed by atoms with van der Waals surface area (Å²) in [4.78, 5) is 12.6. The highest BCUT2D eigenvalue weighted by Crippen LogP contribution is 2.24. The molecule has 0 radical (unpaired) electrons. The Hall–Kier alpha value is -2.12. The minimum Gasteiger partial charge on any atom is -0.508 e. The molecule has 27 heavy (non-hydrogen) atoms. The van der Waals surface area contributed by atoms with E-state index in [1.807, 2.05) is 6.07 Å². The number of thiocarbonyl (C=S) groups is 1. The van der Waals surface area contributed by atoms with Crippen LogP contribution < -0.4 is 15.4 Å². The largest absolute Gasteiger partial charge is 0.508 e. The molecule has 7 heteroatoms. The second kappa shape index (κ2) is 10.9. The number of rotatable bonds is 8. The van der Waals surface area contributed by atoms with E-state index in [-0.39, 0.29) is 16.8 Å². The van der Waals surface area contributed by atoms with E-state index in [9.17, 15) is 9.90 Å². The topological polar surface area (TPSA) is 70.6 Å². The van der Waals surface area contributed by atoms with Crippen LogP contribution in [0.3, 0.4) is 0 Å². The third-order valence-corrected chi connectivity index (χ3v) is 4.49. The summed E-state index contributed by atoms with van der Waals surface area (Å²) in [5.74, 6) is 0.334. The highest BCUT2D eigenvalue weighted by atomic mass is 79.9. The number of hydrogen-bond donors (Lipinski definition) is 3. The lowest BCUT2D eigenvalue weighted by Crippen LogP contribution is -2.34. The van der Waals surface area contributed by atoms with Gasteiger partial charge in [0.1, 0.15) is 11.5 Å². The first-order valence-electron chi connectivity index (χ1n) is 8.83. The number of halogens is 1. The predicted molar refractivity (Wildman–Crippen MR) is 116 cm³/mol. The van der Waals surface area contributed by atoms with Gasteiger partial charge in [-0.2, -0.15) is 0 Å². The molecule has 1 amide bonds. The van der Waals surface area contributed by atoms with Gasteiger partial charge in [0.05, 0.1) is 12.2 Å². The van der Waals surface area contributed by atoms with Gasteiger partial charge in [0.25, 0.3) is 5.91 Å². The fourth-order valence-corrected chi connectivity index (χ4v) is 2.97. The number of carbonyl (C=O) groups is 1. The fourth-order valence-electron chi connectivity index (χ4n) is 2.39. The van der Waals surface area contributed by atoms with Crippen molar-refractivity contribution in [1.29, 1.82) is 0 Å². The molecule has 0 spiro atoms. The maximum absolute atomic E-state index is 12.6. The number of ether oxygens (including phenoxy) is 1. The van der Waals surface area contributed by atoms with E-state index in [1.165, 1.54) is 18.6 Å². The molecule has 0 saturated heterocycles. The van der Waals surface area contributed by atoms with Crippen molar-refractivity contribution in [2.75, 3.05) is 11.9 Å². The molecule has 0 heterocycles. The molecule has 0 unspecified atom stereocenters. The fraction of sp³-hybridized carbons (Fsp3) is 0.300. The van der Waals surface area contributed by atoms with Crippen LogP contribution in [0.25, 0.3) is 0 Å². The standard InChI is InChI=1S/C20H23BrN2O3S/c1-2-3-4-5-12-26-18-11-6-14(21)13-17(18)19(25)23-20(27)22-15-7-9-16(24)10-8-15/h6-11,13,24H,2-5,12H2,1H3,(H2,22,23,25,27). The summed E-state index contributed by atoms with van der Waals surface area (Å²) in [6, 6.07) is 11.7. The zero-order valence-electron chi connectivity index (χ0n) is 15.1. The number of nitrogens with one attached hydrogen (secondary N) is 2. The zero-order valence-corrected chi connectivity index (χ0v) is 17.5. The molecule has 0 saturated carbocycles. The minimum absolute atomic E-state index is 0.158. The van der Waals surface area contributed by atoms with E-state index < -0.39 is 0 Å². The molecule has 3 N–H and O–H groups in total. The van der Waals surface area contributed by atoms with Crippen LogP contribution in [-0.4, -0.2) is 22.7 Å². The number of unbranched alkanes of at least 4 members (excludes halogenated alkanes) is 3. The van der Waals surface area contributed by atoms with Crippen molar-refractivity contribution in [3.63, 3.8) is 0 Å². The maximum atomic E-state index is 12.6. The Labute approximate surface area is 173 Å². The van der Waals surface area contributed by atoms with E-state index in [1.54, 1.807) is 24.3 Å². The van der Waals surface area contributed by atoms with Crippen LogP contribution in [-0.2, 0) is 0 Å². The molecule has 2 rings (SSSR count). The summed E-state index contributed by atoms with van der Waals surface area (Å²) in [6.45, 7) is 2.73. The number of phenolic OH excluding ortho intramolecular Hbond substituents is 1. The minimum atomic E-state index is -0.351. The Balaban J connectivity index is 1.98. The highest BCUT2D eigenvalue weighted by Gasteiger charge is 2.15. The van der Waals surface area contributed by atoms with Gasteiger partial charge in [-0.15, -0.1) is 0 Å². The number of hydrogen-bond acceptors (Lipinski definition) is 4. The third kappa shape index (κ3) is 7.19. The monoisotopic (exact) mass is 450 g/mol. The van der Waals surface area contributed by atoms with Crippen molar-refractivity contribution in [2.45, 2.75) is 32.6 Å². The third-order valence-electron chi connectivity index (χ3n) is 3.79. The highest BCUT2D eigenvalue weighted by molar-refractivity contribution is 9.10. The van der Waals surface area contributed by atoms with Crippen molar-refractivity contribution in [3.05, 3.63) is 52.5 Å². The van der Waals surface area contributed by atoms with Gasteiger partial charge in [0.2, 0.25) is 0 Å². The summed E-state index contributed by atoms with van der Waals surface area (Å²) < 4.78 is 6.58. The second-order valence-electron chi connectivity index (χ2n) is 6.00. The molecule has 0 bridgehead atoms. The molecule has 2 aromatic carbocycles. The summed E-state index contributed by atoms with van der Waals surface area (Å²) >= 11 is 8.58. The van der Waals surface area contributed by atoms with E-state index >= 15 is 0 Å². The number of carbonyl (C=O) groups excluding carboxylic acids is 1. The van der Waals surface area contributed by atoms with Crippen molar-refractivity contribution < 1.29 is 14.6 Å². The number of anilines is 1. The van der Waals surface area contributed by atoms with Crippen molar-refractivity contribution in [1.82, 2.24) is 5.32 Å². The van der Waals surface area contributed by atoms with Crippen LogP contribution in [0.4, 0.5) is 5.69 Å². The first-order chi connectivity index (χ1) is 13.0. The maximum Gasteiger partial charge on any atom is 0.261 e. The van der Waals surface area contributed by atoms with E-state index in [0.717, 1.165) is 23.7 Å². The molecular formula is C20H23BrN2O3S. The van der Waals surface area contributed by atoms with Crippen molar-refractivity contribution in [3.8, 4) is 11.5 Å². The number of aromatic hydroxyl groups is 1. The Kier molecular flexibility index (Phi) is 8.54. The average Bonchev–Trinajstić information content (AvgIpc) is 2.64. The molecule has 5 nitrogen and oxygen atoms in total. The summed E-state index contributed by atoms with van der Waals surface area (Å²) in [6.07, 6.45) is 4.40. The van der Waals surface area contributed by atoms with E-state index in [2.05, 4.69) is 33.5 Å². The number of phenols is 1. The van der Waals surface area contributed by atoms with Gasteiger partial charge in [-0.25, -0.2) is 0 Å². The van der Waals surface area contributed by atoms with Crippen LogP contribution in [0, 0.1) is 0 Å². The average molecular weight is 451 g/mol. The molecule has 0 aliphatic carbocycles. The smallest absolute Gasteiger partial charge is 0.261 e. The predicted octanol–water partition coefficient (Wildman–Crippen LogP) is 5.24. The van der Waals surface area contributed by atoms with Gasteiger partial charge in [0.15, 0.2) is 5.11 Å². The molecule has 0 aromatic heterocycles. The van der Waals surface area contributed by atoms with Crippen molar-refractivity contribution >= 4 is 44.9 Å². The van der Waals surface area contributed by atoms with Crippen LogP contribution in [0.5, 0.6) is 11.5 Å². The van der Waals surface area contributed by atoms with Gasteiger partial charge in [-0.3, -0.25) is 10.1 Å². The molecular weight excluding hydrogens is 428 g/mol. The molecule has 0 aliphatic heterocycles. The van der Waals surface area contributed by atoms with E-state index in [4.69, 9.17) is 17.0 Å². The first kappa shape index (κ1) is 21.2. The Morgan fingerprint density at radius 2 is 1.89 bits per heavy atom. The van der Waals surface area contributed by atoms with Crippen LogP contribution in [0.1, 0.15) is 43.0 Å². The normalized spacial score (nSPS) is 10.3. The Bertz CT molecular complexity index is 781. The van der Waals surface area contributed by atoms with Crippen molar-refractivity contribution in [2.24, 2.45) is 0 Å². The molecule has 0 atom stereocenters. The molecule has 144 valence electrons. The van der Waals surface area contributed by atoms with E-state index in [0.29, 0.717) is 23.6 Å².